The van der Waals surface area contributed by atoms with Crippen LogP contribution < -0.4 is 21.3 Å². The Morgan fingerprint density at radius 2 is 0.466 bits per heavy atom. The minimum Gasteiger partial charge on any atom is -0.462 e. The first-order chi connectivity index (χ1) is 27.8. The first-order valence-corrected chi connectivity index (χ1v) is 18.2. The number of anilines is 4. The van der Waals surface area contributed by atoms with Crippen molar-refractivity contribution in [1.82, 2.24) is 0 Å². The van der Waals surface area contributed by atoms with E-state index in [0.717, 1.165) is 24.8 Å². The molecule has 0 amide bonds. The zero-order chi connectivity index (χ0) is 43.6. The normalized spacial score (nSPS) is 9.79. The number of hydrogen-bond donors (Lipinski definition) is 4. The summed E-state index contributed by atoms with van der Waals surface area (Å²) in [5.41, 5.74) is -2.36. The maximum Gasteiger partial charge on any atom is 0.347 e. The van der Waals surface area contributed by atoms with Crippen LogP contribution in [0.3, 0.4) is 0 Å². The van der Waals surface area contributed by atoms with Crippen molar-refractivity contribution in [1.29, 1.82) is 0 Å². The summed E-state index contributed by atoms with van der Waals surface area (Å²) >= 11 is 0. The Labute approximate surface area is 335 Å². The summed E-state index contributed by atoms with van der Waals surface area (Å²) in [6.07, 6.45) is 3.86. The van der Waals surface area contributed by atoms with Crippen molar-refractivity contribution in [3.63, 3.8) is 0 Å². The molecule has 20 nitrogen and oxygen atoms in total. The quantitative estimate of drug-likeness (QED) is 0.0383. The second-order valence-corrected chi connectivity index (χ2v) is 10.5. The maximum absolute atomic E-state index is 12.8. The molecule has 4 N–H and O–H groups in total. The zero-order valence-electron chi connectivity index (χ0n) is 33.7. The highest BCUT2D eigenvalue weighted by Crippen LogP contribution is 2.35. The Morgan fingerprint density at radius 1 is 0.328 bits per heavy atom. The highest BCUT2D eigenvalue weighted by Gasteiger charge is 2.25. The molecule has 0 spiro atoms. The van der Waals surface area contributed by atoms with Gasteiger partial charge in [0.15, 0.2) is 22.3 Å². The first kappa shape index (κ1) is 49.2. The minimum atomic E-state index is -1.04. The second-order valence-electron chi connectivity index (χ2n) is 10.5. The van der Waals surface area contributed by atoms with Crippen molar-refractivity contribution in [3.05, 3.63) is 59.2 Å². The largest absolute Gasteiger partial charge is 0.462 e. The van der Waals surface area contributed by atoms with E-state index in [0.29, 0.717) is 0 Å². The molecule has 0 aromatic heterocycles. The summed E-state index contributed by atoms with van der Waals surface area (Å²) in [6, 6.07) is 2.59. The van der Waals surface area contributed by atoms with Crippen LogP contribution in [0.1, 0.15) is 55.4 Å². The van der Waals surface area contributed by atoms with Crippen molar-refractivity contribution < 1.29 is 76.3 Å². The Balaban J connectivity index is 4.36. The van der Waals surface area contributed by atoms with Crippen LogP contribution in [0.15, 0.2) is 59.2 Å². The third-order valence-corrected chi connectivity index (χ3v) is 6.61. The Bertz CT molecular complexity index is 1450. The van der Waals surface area contributed by atoms with Gasteiger partial charge in [-0.1, -0.05) is 0 Å². The molecular weight excluding hydrogens is 768 g/mol. The molecule has 20 heteroatoms. The number of esters is 8. The predicted molar refractivity (Wildman–Crippen MR) is 206 cm³/mol. The highest BCUT2D eigenvalue weighted by molar-refractivity contribution is 6.16. The van der Waals surface area contributed by atoms with Gasteiger partial charge in [-0.3, -0.25) is 0 Å². The fourth-order valence-electron chi connectivity index (χ4n) is 4.15. The molecule has 0 aliphatic rings. The van der Waals surface area contributed by atoms with Gasteiger partial charge in [0.2, 0.25) is 0 Å². The summed E-state index contributed by atoms with van der Waals surface area (Å²) in [6.45, 7) is 11.5. The van der Waals surface area contributed by atoms with Crippen LogP contribution in [-0.2, 0) is 76.3 Å². The third kappa shape index (κ3) is 15.7. The lowest BCUT2D eigenvalue weighted by Crippen LogP contribution is -2.20. The molecule has 0 fully saturated rings. The van der Waals surface area contributed by atoms with E-state index in [-0.39, 0.29) is 75.6 Å². The summed E-state index contributed by atoms with van der Waals surface area (Å²) in [5.74, 6) is -8.34. The number of carbonyl (C=O) groups is 8. The standard InChI is InChI=1S/C38H50N4O16/c1-9-51-31(43)23(32(44)52-10-2)19-39-27-17-29(41-21-25(35(47)55-13-5)36(48)56-14-6)30(42-22-26(37(49)57-15-7)38(50)58-16-8)18-28(27)40-20-24(33(45)53-11-3)34(46)54-12-4/h17-22,39-42H,9-16H2,1-8H3. The third-order valence-electron chi connectivity index (χ3n) is 6.61. The van der Waals surface area contributed by atoms with Crippen molar-refractivity contribution in [2.75, 3.05) is 74.1 Å². The van der Waals surface area contributed by atoms with Crippen LogP contribution in [0.25, 0.3) is 0 Å². The van der Waals surface area contributed by atoms with Crippen molar-refractivity contribution in [2.45, 2.75) is 55.4 Å². The van der Waals surface area contributed by atoms with E-state index < -0.39 is 70.0 Å². The lowest BCUT2D eigenvalue weighted by Gasteiger charge is -2.18. The smallest absolute Gasteiger partial charge is 0.347 e. The maximum atomic E-state index is 12.8. The lowest BCUT2D eigenvalue weighted by molar-refractivity contribution is -0.148. The number of nitrogens with one attached hydrogen (secondary N) is 4. The van der Waals surface area contributed by atoms with E-state index in [9.17, 15) is 38.4 Å². The van der Waals surface area contributed by atoms with Crippen molar-refractivity contribution in [3.8, 4) is 0 Å². The number of carbonyl (C=O) groups excluding carboxylic acids is 8. The molecule has 0 saturated heterocycles. The predicted octanol–water partition coefficient (Wildman–Crippen LogP) is 3.37. The Hall–Kier alpha value is -6.86. The zero-order valence-corrected chi connectivity index (χ0v) is 33.7. The van der Waals surface area contributed by atoms with Gasteiger partial charge in [0.25, 0.3) is 0 Å². The van der Waals surface area contributed by atoms with E-state index in [1.54, 1.807) is 0 Å². The molecule has 0 atom stereocenters. The van der Waals surface area contributed by atoms with E-state index in [1.165, 1.54) is 67.5 Å². The lowest BCUT2D eigenvalue weighted by atomic mass is 10.1. The van der Waals surface area contributed by atoms with E-state index in [4.69, 9.17) is 37.9 Å². The van der Waals surface area contributed by atoms with E-state index in [2.05, 4.69) is 21.3 Å². The molecule has 0 unspecified atom stereocenters. The number of rotatable bonds is 24. The van der Waals surface area contributed by atoms with Crippen LogP contribution in [-0.4, -0.2) is 101 Å². The fraction of sp³-hybridized carbons (Fsp3) is 0.421. The van der Waals surface area contributed by atoms with Gasteiger partial charge in [-0.15, -0.1) is 0 Å². The molecule has 1 rings (SSSR count). The van der Waals surface area contributed by atoms with Crippen LogP contribution in [0.5, 0.6) is 0 Å². The summed E-state index contributed by atoms with van der Waals surface area (Å²) in [4.78, 5) is 102. The molecule has 58 heavy (non-hydrogen) atoms. The molecule has 0 bridgehead atoms. The highest BCUT2D eigenvalue weighted by atomic mass is 16.6. The van der Waals surface area contributed by atoms with E-state index >= 15 is 0 Å². The van der Waals surface area contributed by atoms with Gasteiger partial charge < -0.3 is 59.2 Å². The molecule has 0 radical (unpaired) electrons. The number of hydrogen-bond acceptors (Lipinski definition) is 20. The van der Waals surface area contributed by atoms with Gasteiger partial charge in [0, 0.05) is 24.8 Å². The average Bonchev–Trinajstić information content (AvgIpc) is 3.17. The molecule has 0 heterocycles. The molecule has 0 aliphatic carbocycles. The van der Waals surface area contributed by atoms with Crippen LogP contribution in [0.4, 0.5) is 22.7 Å². The molecule has 318 valence electrons. The van der Waals surface area contributed by atoms with Crippen molar-refractivity contribution in [2.24, 2.45) is 0 Å². The van der Waals surface area contributed by atoms with Crippen LogP contribution >= 0.6 is 0 Å². The molecule has 1 aromatic carbocycles. The molecular formula is C38H50N4O16. The van der Waals surface area contributed by atoms with Gasteiger partial charge in [-0.05, 0) is 67.5 Å². The Morgan fingerprint density at radius 3 is 0.586 bits per heavy atom. The van der Waals surface area contributed by atoms with Crippen molar-refractivity contribution >= 4 is 70.5 Å². The summed E-state index contributed by atoms with van der Waals surface area (Å²) in [5, 5.41) is 11.1. The first-order valence-electron chi connectivity index (χ1n) is 18.2. The summed E-state index contributed by atoms with van der Waals surface area (Å²) < 4.78 is 40.1. The molecule has 0 saturated carbocycles. The minimum absolute atomic E-state index is 0.0235. The second kappa shape index (κ2) is 26.9. The van der Waals surface area contributed by atoms with E-state index in [1.807, 2.05) is 0 Å². The van der Waals surface area contributed by atoms with Gasteiger partial charge in [-0.25, -0.2) is 38.4 Å². The summed E-state index contributed by atoms with van der Waals surface area (Å²) in [7, 11) is 0. The van der Waals surface area contributed by atoms with Gasteiger partial charge in [-0.2, -0.15) is 0 Å². The fourth-order valence-corrected chi connectivity index (χ4v) is 4.15. The van der Waals surface area contributed by atoms with Gasteiger partial charge in [0.05, 0.1) is 75.6 Å². The number of benzene rings is 1. The monoisotopic (exact) mass is 818 g/mol. The van der Waals surface area contributed by atoms with Gasteiger partial charge in [0.1, 0.15) is 0 Å². The SMILES string of the molecule is CCOC(=O)C(=CNc1cc(NC=C(C(=O)OCC)C(=O)OCC)c(NC=C(C(=O)OCC)C(=O)OCC)cc1NC=C(C(=O)OCC)C(=O)OCC)C(=O)OCC. The average molecular weight is 819 g/mol. The van der Waals surface area contributed by atoms with Crippen LogP contribution in [0, 0.1) is 0 Å². The number of ether oxygens (including phenoxy) is 8. The van der Waals surface area contributed by atoms with Crippen LogP contribution in [0.2, 0.25) is 0 Å². The molecule has 0 aliphatic heterocycles. The van der Waals surface area contributed by atoms with Gasteiger partial charge >= 0.3 is 47.8 Å². The topological polar surface area (TPSA) is 259 Å². The Kier molecular flexibility index (Phi) is 22.8. The molecule has 1 aromatic rings.